The summed E-state index contributed by atoms with van der Waals surface area (Å²) in [6.07, 6.45) is 3.77. The fourth-order valence-corrected chi connectivity index (χ4v) is 1.57. The molecule has 0 fully saturated rings. The lowest BCUT2D eigenvalue weighted by Gasteiger charge is -2.02. The molecule has 0 aliphatic rings. The highest BCUT2D eigenvalue weighted by Crippen LogP contribution is 2.21. The van der Waals surface area contributed by atoms with Crippen molar-refractivity contribution >= 4 is 6.29 Å². The zero-order valence-electron chi connectivity index (χ0n) is 8.69. The number of nitrogens with zero attached hydrogens (tertiary/aromatic N) is 2. The molecule has 1 aromatic heterocycles. The number of rotatable bonds is 2. The minimum Gasteiger partial charge on any atom is -0.285 e. The van der Waals surface area contributed by atoms with E-state index in [-0.39, 0.29) is 0 Å². The van der Waals surface area contributed by atoms with E-state index < -0.39 is 0 Å². The molecule has 3 nitrogen and oxygen atoms in total. The minimum absolute atomic E-state index is 0.576. The third kappa shape index (κ3) is 1.81. The highest BCUT2D eigenvalue weighted by atomic mass is 16.1. The molecule has 0 saturated heterocycles. The maximum atomic E-state index is 10.5. The van der Waals surface area contributed by atoms with Crippen molar-refractivity contribution in [1.29, 1.82) is 0 Å². The lowest BCUT2D eigenvalue weighted by atomic mass is 10.0. The van der Waals surface area contributed by atoms with Gasteiger partial charge >= 0.3 is 0 Å². The van der Waals surface area contributed by atoms with Crippen LogP contribution in [0.5, 0.6) is 0 Å². The Morgan fingerprint density at radius 1 is 1.33 bits per heavy atom. The molecule has 2 aromatic rings. The van der Waals surface area contributed by atoms with Gasteiger partial charge in [0.05, 0.1) is 5.69 Å². The van der Waals surface area contributed by atoms with Crippen LogP contribution in [0.4, 0.5) is 0 Å². The number of benzene rings is 1. The Bertz CT molecular complexity index is 500. The molecule has 0 N–H and O–H groups in total. The molecular weight excluding hydrogens is 188 g/mol. The molecule has 0 aliphatic heterocycles. The first-order valence-electron chi connectivity index (χ1n) is 4.69. The average molecular weight is 199 g/mol. The third-order valence-corrected chi connectivity index (χ3v) is 2.33. The first kappa shape index (κ1) is 9.65. The van der Waals surface area contributed by atoms with Crippen molar-refractivity contribution in [2.45, 2.75) is 6.92 Å². The summed E-state index contributed by atoms with van der Waals surface area (Å²) in [6.45, 7) is 1.96. The first-order valence-corrected chi connectivity index (χ1v) is 4.69. The Morgan fingerprint density at radius 3 is 2.67 bits per heavy atom. The van der Waals surface area contributed by atoms with Crippen molar-refractivity contribution in [3.8, 4) is 11.3 Å². The predicted octanol–water partition coefficient (Wildman–Crippen LogP) is 1.85. The quantitative estimate of drug-likeness (QED) is 0.739. The second kappa shape index (κ2) is 3.69. The van der Waals surface area contributed by atoms with E-state index >= 15 is 0 Å². The van der Waals surface area contributed by atoms with Crippen molar-refractivity contribution in [2.75, 3.05) is 0 Å². The Hall–Kier alpha value is -1.90. The number of hydrogen-bond acceptors (Lipinski definition) is 2. The van der Waals surface area contributed by atoms with Crippen LogP contribution in [0.1, 0.15) is 11.1 Å². The summed E-state index contributed by atoms with van der Waals surface area (Å²) >= 11 is 0. The summed E-state index contributed by atoms with van der Waals surface area (Å²) in [7, 11) is 1.88. The van der Waals surface area contributed by atoms with Gasteiger partial charge in [0.1, 0.15) is 0 Å². The van der Waals surface area contributed by atoms with Gasteiger partial charge in [-0.1, -0.05) is 12.1 Å². The average Bonchev–Trinajstić information content (AvgIpc) is 2.64. The molecular formula is C12H11N2O. The molecule has 0 amide bonds. The molecule has 0 bridgehead atoms. The summed E-state index contributed by atoms with van der Waals surface area (Å²) in [5.41, 5.74) is 3.59. The Morgan fingerprint density at radius 2 is 2.13 bits per heavy atom. The molecule has 0 atom stereocenters. The summed E-state index contributed by atoms with van der Waals surface area (Å²) in [5.74, 6) is 0. The summed E-state index contributed by atoms with van der Waals surface area (Å²) in [5, 5.41) is 4.32. The van der Waals surface area contributed by atoms with Gasteiger partial charge in [-0.05, 0) is 24.6 Å². The molecule has 1 heterocycles. The van der Waals surface area contributed by atoms with Gasteiger partial charge in [-0.25, -0.2) is 0 Å². The van der Waals surface area contributed by atoms with Crippen LogP contribution in [0.2, 0.25) is 0 Å². The molecule has 75 valence electrons. The number of aryl methyl sites for hydroxylation is 2. The van der Waals surface area contributed by atoms with Crippen LogP contribution in [0.25, 0.3) is 11.3 Å². The Labute approximate surface area is 88.4 Å². The van der Waals surface area contributed by atoms with Crippen LogP contribution in [0.3, 0.4) is 0 Å². The van der Waals surface area contributed by atoms with E-state index in [9.17, 15) is 4.79 Å². The monoisotopic (exact) mass is 199 g/mol. The summed E-state index contributed by atoms with van der Waals surface area (Å²) < 4.78 is 1.76. The van der Waals surface area contributed by atoms with Crippen LogP contribution in [0.15, 0.2) is 30.5 Å². The number of hydrogen-bond donors (Lipinski definition) is 0. The van der Waals surface area contributed by atoms with Gasteiger partial charge in [-0.2, -0.15) is 5.10 Å². The predicted molar refractivity (Wildman–Crippen MR) is 58.2 cm³/mol. The van der Waals surface area contributed by atoms with E-state index in [2.05, 4.69) is 5.10 Å². The molecule has 1 aromatic carbocycles. The molecule has 1 radical (unpaired) electrons. The second-order valence-corrected chi connectivity index (χ2v) is 3.51. The van der Waals surface area contributed by atoms with Gasteiger partial charge in [-0.15, -0.1) is 0 Å². The van der Waals surface area contributed by atoms with E-state index in [0.29, 0.717) is 5.56 Å². The highest BCUT2D eigenvalue weighted by Gasteiger charge is 2.05. The van der Waals surface area contributed by atoms with Crippen LogP contribution >= 0.6 is 0 Å². The second-order valence-electron chi connectivity index (χ2n) is 3.51. The van der Waals surface area contributed by atoms with E-state index in [1.165, 1.54) is 0 Å². The third-order valence-electron chi connectivity index (χ3n) is 2.33. The summed E-state index contributed by atoms with van der Waals surface area (Å²) in [4.78, 5) is 10.5. The van der Waals surface area contributed by atoms with Crippen LogP contribution < -0.4 is 0 Å². The van der Waals surface area contributed by atoms with Crippen molar-refractivity contribution in [1.82, 2.24) is 9.78 Å². The van der Waals surface area contributed by atoms with Gasteiger partial charge in [-0.3, -0.25) is 9.48 Å². The maximum Gasteiger partial charge on any atom is 0.233 e. The molecule has 0 saturated carbocycles. The van der Waals surface area contributed by atoms with Gasteiger partial charge in [0.25, 0.3) is 0 Å². The lowest BCUT2D eigenvalue weighted by molar-refractivity contribution is 0.562. The molecule has 15 heavy (non-hydrogen) atoms. The number of carbonyl (C=O) groups excluding carboxylic acids is 1. The van der Waals surface area contributed by atoms with Gasteiger partial charge in [0, 0.05) is 24.4 Å². The summed E-state index contributed by atoms with van der Waals surface area (Å²) in [6, 6.07) is 7.42. The topological polar surface area (TPSA) is 34.9 Å². The smallest absolute Gasteiger partial charge is 0.233 e. The minimum atomic E-state index is 0.576. The zero-order valence-corrected chi connectivity index (χ0v) is 8.69. The normalized spacial score (nSPS) is 10.3. The Kier molecular flexibility index (Phi) is 2.37. The Balaban J connectivity index is 2.49. The van der Waals surface area contributed by atoms with E-state index in [1.54, 1.807) is 10.7 Å². The van der Waals surface area contributed by atoms with Crippen molar-refractivity contribution in [2.24, 2.45) is 7.05 Å². The maximum absolute atomic E-state index is 10.5. The van der Waals surface area contributed by atoms with Crippen LogP contribution in [-0.2, 0) is 11.8 Å². The van der Waals surface area contributed by atoms with Gasteiger partial charge in [0.15, 0.2) is 0 Å². The van der Waals surface area contributed by atoms with Crippen LogP contribution in [-0.4, -0.2) is 16.1 Å². The van der Waals surface area contributed by atoms with Crippen LogP contribution in [0, 0.1) is 6.92 Å². The lowest BCUT2D eigenvalue weighted by Crippen LogP contribution is -1.90. The molecule has 0 aliphatic carbocycles. The van der Waals surface area contributed by atoms with Gasteiger partial charge in [0.2, 0.25) is 6.29 Å². The van der Waals surface area contributed by atoms with E-state index in [1.807, 2.05) is 44.7 Å². The van der Waals surface area contributed by atoms with E-state index in [4.69, 9.17) is 0 Å². The fraction of sp³-hybridized carbons (Fsp3) is 0.167. The number of aromatic nitrogens is 2. The van der Waals surface area contributed by atoms with Crippen molar-refractivity contribution in [3.05, 3.63) is 41.6 Å². The highest BCUT2D eigenvalue weighted by molar-refractivity contribution is 5.78. The molecule has 0 unspecified atom stereocenters. The van der Waals surface area contributed by atoms with Crippen molar-refractivity contribution < 1.29 is 4.79 Å². The SMILES string of the molecule is Cc1cc([C]=O)ccc1-c1ccn(C)n1. The van der Waals surface area contributed by atoms with E-state index in [0.717, 1.165) is 16.8 Å². The molecule has 0 spiro atoms. The standard InChI is InChI=1S/C12H11N2O/c1-9-7-10(8-15)3-4-11(9)12-5-6-14(2)13-12/h3-7H,1-2H3. The zero-order chi connectivity index (χ0) is 10.8. The molecule has 3 heteroatoms. The molecule has 2 rings (SSSR count). The largest absolute Gasteiger partial charge is 0.285 e. The first-order chi connectivity index (χ1) is 7.20. The van der Waals surface area contributed by atoms with Gasteiger partial charge < -0.3 is 0 Å². The van der Waals surface area contributed by atoms with Crippen molar-refractivity contribution in [3.63, 3.8) is 0 Å². The fourth-order valence-electron chi connectivity index (χ4n) is 1.57.